The molecule has 4 bridgehead atoms. The maximum Gasteiger partial charge on any atom is -0.00171 e. The van der Waals surface area contributed by atoms with Crippen LogP contribution < -0.4 is 0 Å². The van der Waals surface area contributed by atoms with E-state index in [9.17, 15) is 0 Å². The van der Waals surface area contributed by atoms with Gasteiger partial charge in [-0.1, -0.05) is 95.6 Å². The molecular formula is C34H56. The van der Waals surface area contributed by atoms with Gasteiger partial charge in [-0.15, -0.1) is 0 Å². The van der Waals surface area contributed by atoms with Crippen LogP contribution in [0.2, 0.25) is 0 Å². The largest absolute Gasteiger partial charge is 0.0882 e. The maximum atomic E-state index is 2.80. The van der Waals surface area contributed by atoms with Crippen molar-refractivity contribution < 1.29 is 0 Å². The molecule has 34 heavy (non-hydrogen) atoms. The van der Waals surface area contributed by atoms with Gasteiger partial charge in [0.25, 0.3) is 0 Å². The molecule has 0 spiro atoms. The quantitative estimate of drug-likeness (QED) is 0.343. The highest BCUT2D eigenvalue weighted by molar-refractivity contribution is 5.25. The van der Waals surface area contributed by atoms with Crippen molar-refractivity contribution in [3.05, 3.63) is 47.6 Å². The molecular weight excluding hydrogens is 408 g/mol. The highest BCUT2D eigenvalue weighted by Crippen LogP contribution is 2.44. The molecule has 0 aromatic heterocycles. The molecule has 0 aromatic carbocycles. The standard InChI is InChI=1S/C34H56/c1-7-10-13-29-18-17-26(5)31-21-19-28(12-9-3)33(23-31)27(6)16-15-25(4)32-22-20-30(14-11-8-2)34(29)24-32/h10-11,13-14,23-32H,7-9,12,15-22H2,1-6H3. The van der Waals surface area contributed by atoms with Crippen molar-refractivity contribution in [3.63, 3.8) is 0 Å². The fourth-order valence-corrected chi connectivity index (χ4v) is 7.27. The summed E-state index contributed by atoms with van der Waals surface area (Å²) in [6.07, 6.45) is 31.7. The Labute approximate surface area is 213 Å². The summed E-state index contributed by atoms with van der Waals surface area (Å²) in [4.78, 5) is 0. The van der Waals surface area contributed by atoms with Crippen LogP contribution in [0.5, 0.6) is 0 Å². The van der Waals surface area contributed by atoms with Crippen molar-refractivity contribution in [3.8, 4) is 0 Å². The van der Waals surface area contributed by atoms with E-state index in [0.29, 0.717) is 11.8 Å². The zero-order chi connectivity index (χ0) is 24.5. The van der Waals surface area contributed by atoms with Crippen LogP contribution in [0.1, 0.15) is 119 Å². The molecule has 0 saturated heterocycles. The van der Waals surface area contributed by atoms with Crippen LogP contribution >= 0.6 is 0 Å². The van der Waals surface area contributed by atoms with Crippen molar-refractivity contribution in [1.82, 2.24) is 0 Å². The number of allylic oxidation sites excluding steroid dienone is 8. The molecule has 3 aliphatic carbocycles. The second-order valence-corrected chi connectivity index (χ2v) is 12.2. The van der Waals surface area contributed by atoms with Crippen LogP contribution in [0.15, 0.2) is 47.6 Å². The summed E-state index contributed by atoms with van der Waals surface area (Å²) in [6.45, 7) is 14.6. The first-order valence-corrected chi connectivity index (χ1v) is 15.2. The van der Waals surface area contributed by atoms with Gasteiger partial charge in [0.15, 0.2) is 0 Å². The summed E-state index contributed by atoms with van der Waals surface area (Å²) >= 11 is 0. The average molecular weight is 465 g/mol. The SMILES string of the molecule is CCC=CC1CCC(C)C2C=C(C(C)CCC(C)C3C=C1C(C=CCC)CC3)C(CCC)CC2. The van der Waals surface area contributed by atoms with Gasteiger partial charge < -0.3 is 0 Å². The molecule has 0 nitrogen and oxygen atoms in total. The predicted octanol–water partition coefficient (Wildman–Crippen LogP) is 10.7. The molecule has 192 valence electrons. The van der Waals surface area contributed by atoms with Crippen LogP contribution in [-0.4, -0.2) is 0 Å². The van der Waals surface area contributed by atoms with Crippen LogP contribution in [-0.2, 0) is 0 Å². The van der Waals surface area contributed by atoms with Gasteiger partial charge >= 0.3 is 0 Å². The van der Waals surface area contributed by atoms with Gasteiger partial charge in [-0.3, -0.25) is 0 Å². The molecule has 8 unspecified atom stereocenters. The maximum absolute atomic E-state index is 2.80. The first-order valence-electron chi connectivity index (χ1n) is 15.2. The Hall–Kier alpha value is -1.04. The van der Waals surface area contributed by atoms with E-state index >= 15 is 0 Å². The lowest BCUT2D eigenvalue weighted by Gasteiger charge is -2.38. The van der Waals surface area contributed by atoms with Crippen LogP contribution in [0.25, 0.3) is 0 Å². The molecule has 0 saturated carbocycles. The molecule has 0 radical (unpaired) electrons. The van der Waals surface area contributed by atoms with Crippen molar-refractivity contribution in [2.75, 3.05) is 0 Å². The lowest BCUT2D eigenvalue weighted by molar-refractivity contribution is 0.275. The van der Waals surface area contributed by atoms with Crippen molar-refractivity contribution in [2.45, 2.75) is 119 Å². The Bertz CT molecular complexity index is 718. The minimum atomic E-state index is 0.630. The van der Waals surface area contributed by atoms with Crippen LogP contribution in [0.3, 0.4) is 0 Å². The van der Waals surface area contributed by atoms with Gasteiger partial charge in [-0.05, 0) is 118 Å². The summed E-state index contributed by atoms with van der Waals surface area (Å²) in [5, 5.41) is 0. The van der Waals surface area contributed by atoms with E-state index in [2.05, 4.69) is 78.0 Å². The fraction of sp³-hybridized carbons (Fsp3) is 0.765. The number of hydrogen-bond donors (Lipinski definition) is 0. The summed E-state index contributed by atoms with van der Waals surface area (Å²) in [5.74, 6) is 6.09. The Morgan fingerprint density at radius 2 is 1.18 bits per heavy atom. The first kappa shape index (κ1) is 27.5. The molecule has 3 aliphatic rings. The summed E-state index contributed by atoms with van der Waals surface area (Å²) < 4.78 is 0. The van der Waals surface area contributed by atoms with Crippen LogP contribution in [0.4, 0.5) is 0 Å². The molecule has 0 fully saturated rings. The third-order valence-corrected chi connectivity index (χ3v) is 9.66. The number of fused-ring (bicyclic) bond motifs is 2. The molecule has 3 rings (SSSR count). The molecule has 0 aromatic rings. The van der Waals surface area contributed by atoms with E-state index in [1.54, 1.807) is 5.57 Å². The van der Waals surface area contributed by atoms with E-state index in [-0.39, 0.29) is 0 Å². The predicted molar refractivity (Wildman–Crippen MR) is 152 cm³/mol. The molecule has 0 N–H and O–H groups in total. The second-order valence-electron chi connectivity index (χ2n) is 12.2. The lowest BCUT2D eigenvalue weighted by Crippen LogP contribution is -2.26. The fourth-order valence-electron chi connectivity index (χ4n) is 7.27. The summed E-state index contributed by atoms with van der Waals surface area (Å²) in [7, 11) is 0. The highest BCUT2D eigenvalue weighted by Gasteiger charge is 2.32. The Morgan fingerprint density at radius 3 is 1.76 bits per heavy atom. The van der Waals surface area contributed by atoms with E-state index in [0.717, 1.165) is 48.3 Å². The Kier molecular flexibility index (Phi) is 11.3. The molecule has 0 amide bonds. The third kappa shape index (κ3) is 7.24. The Morgan fingerprint density at radius 1 is 0.647 bits per heavy atom. The van der Waals surface area contributed by atoms with Crippen molar-refractivity contribution in [2.24, 2.45) is 47.3 Å². The molecule has 8 atom stereocenters. The van der Waals surface area contributed by atoms with Crippen molar-refractivity contribution in [1.29, 1.82) is 0 Å². The molecule has 0 heteroatoms. The van der Waals surface area contributed by atoms with Gasteiger partial charge in [-0.25, -0.2) is 0 Å². The zero-order valence-electron chi connectivity index (χ0n) is 23.6. The van der Waals surface area contributed by atoms with Gasteiger partial charge in [0.1, 0.15) is 0 Å². The smallest absolute Gasteiger partial charge is 0.00171 e. The van der Waals surface area contributed by atoms with Gasteiger partial charge in [0.2, 0.25) is 0 Å². The summed E-state index contributed by atoms with van der Waals surface area (Å²) in [6, 6.07) is 0. The normalized spacial score (nSPS) is 37.9. The number of rotatable bonds is 6. The number of hydrogen-bond acceptors (Lipinski definition) is 0. The minimum Gasteiger partial charge on any atom is -0.0882 e. The monoisotopic (exact) mass is 464 g/mol. The zero-order valence-corrected chi connectivity index (χ0v) is 23.6. The van der Waals surface area contributed by atoms with E-state index in [4.69, 9.17) is 0 Å². The Balaban J connectivity index is 1.93. The van der Waals surface area contributed by atoms with Crippen molar-refractivity contribution >= 4 is 0 Å². The highest BCUT2D eigenvalue weighted by atomic mass is 14.4. The minimum absolute atomic E-state index is 0.630. The van der Waals surface area contributed by atoms with Gasteiger partial charge in [0, 0.05) is 0 Å². The van der Waals surface area contributed by atoms with Gasteiger partial charge in [0.05, 0.1) is 0 Å². The second kappa shape index (κ2) is 13.9. The van der Waals surface area contributed by atoms with Gasteiger partial charge in [-0.2, -0.15) is 0 Å². The van der Waals surface area contributed by atoms with E-state index in [1.807, 2.05) is 5.57 Å². The van der Waals surface area contributed by atoms with E-state index in [1.165, 1.54) is 64.2 Å². The molecule has 0 heterocycles. The average Bonchev–Trinajstić information content (AvgIpc) is 2.85. The summed E-state index contributed by atoms with van der Waals surface area (Å²) in [5.41, 5.74) is 3.61. The third-order valence-electron chi connectivity index (χ3n) is 9.66. The topological polar surface area (TPSA) is 0 Å². The van der Waals surface area contributed by atoms with Crippen LogP contribution in [0, 0.1) is 47.3 Å². The lowest BCUT2D eigenvalue weighted by atomic mass is 9.68. The molecule has 0 aliphatic heterocycles. The first-order chi connectivity index (χ1) is 16.5. The van der Waals surface area contributed by atoms with E-state index < -0.39 is 0 Å².